The Kier molecular flexibility index (Phi) is 4.82. The molecule has 132 valence electrons. The van der Waals surface area contributed by atoms with Crippen molar-refractivity contribution < 1.29 is 9.69 Å². The van der Waals surface area contributed by atoms with Crippen molar-refractivity contribution in [2.45, 2.75) is 26.4 Å². The van der Waals surface area contributed by atoms with Crippen molar-refractivity contribution in [1.82, 2.24) is 4.98 Å². The summed E-state index contributed by atoms with van der Waals surface area (Å²) >= 11 is 1.61. The number of aromatic nitrogens is 1. The number of quaternary nitrogens is 1. The zero-order valence-corrected chi connectivity index (χ0v) is 15.6. The standard InChI is InChI=1S/C21H21N3OS/c1-15-7-5-6-10-17(15)20(25)23-21-22-18-11-12-24(14-19(18)26-21)13-16-8-3-2-4-9-16/h2-10H,11-14H2,1H3,(H,22,23,25)/p+1. The van der Waals surface area contributed by atoms with E-state index in [0.717, 1.165) is 37.3 Å². The van der Waals surface area contributed by atoms with E-state index in [-0.39, 0.29) is 5.91 Å². The van der Waals surface area contributed by atoms with E-state index in [4.69, 9.17) is 0 Å². The number of anilines is 1. The lowest BCUT2D eigenvalue weighted by molar-refractivity contribution is -0.929. The minimum Gasteiger partial charge on any atom is -0.326 e. The number of nitrogens with one attached hydrogen (secondary N) is 2. The summed E-state index contributed by atoms with van der Waals surface area (Å²) in [6.07, 6.45) is 0.967. The van der Waals surface area contributed by atoms with Gasteiger partial charge in [-0.2, -0.15) is 0 Å². The van der Waals surface area contributed by atoms with Crippen LogP contribution in [0, 0.1) is 6.92 Å². The monoisotopic (exact) mass is 364 g/mol. The van der Waals surface area contributed by atoms with Crippen LogP contribution in [0.4, 0.5) is 5.13 Å². The fourth-order valence-electron chi connectivity index (χ4n) is 3.41. The Hall–Kier alpha value is -2.50. The maximum atomic E-state index is 12.5. The van der Waals surface area contributed by atoms with E-state index in [0.29, 0.717) is 10.7 Å². The topological polar surface area (TPSA) is 46.4 Å². The Morgan fingerprint density at radius 3 is 2.73 bits per heavy atom. The van der Waals surface area contributed by atoms with Crippen molar-refractivity contribution in [2.24, 2.45) is 0 Å². The van der Waals surface area contributed by atoms with E-state index in [2.05, 4.69) is 40.6 Å². The maximum Gasteiger partial charge on any atom is 0.257 e. The van der Waals surface area contributed by atoms with Crippen LogP contribution in [0.15, 0.2) is 54.6 Å². The summed E-state index contributed by atoms with van der Waals surface area (Å²) in [6, 6.07) is 18.2. The molecule has 5 heteroatoms. The van der Waals surface area contributed by atoms with E-state index in [9.17, 15) is 4.79 Å². The lowest BCUT2D eigenvalue weighted by Crippen LogP contribution is -3.10. The molecule has 0 saturated heterocycles. The first kappa shape index (κ1) is 16.9. The SMILES string of the molecule is Cc1ccccc1C(=O)Nc1nc2c(s1)C[NH+](Cc1ccccc1)CC2. The number of nitrogens with zero attached hydrogens (tertiary/aromatic N) is 1. The summed E-state index contributed by atoms with van der Waals surface area (Å²) in [7, 11) is 0. The number of hydrogen-bond donors (Lipinski definition) is 2. The highest BCUT2D eigenvalue weighted by molar-refractivity contribution is 7.15. The molecule has 2 aromatic carbocycles. The number of carbonyl (C=O) groups is 1. The highest BCUT2D eigenvalue weighted by Gasteiger charge is 2.24. The fourth-order valence-corrected chi connectivity index (χ4v) is 4.48. The van der Waals surface area contributed by atoms with Crippen LogP contribution in [0.5, 0.6) is 0 Å². The smallest absolute Gasteiger partial charge is 0.257 e. The van der Waals surface area contributed by atoms with Crippen LogP contribution in [-0.4, -0.2) is 17.4 Å². The molecule has 0 saturated carbocycles. The predicted molar refractivity (Wildman–Crippen MR) is 105 cm³/mol. The lowest BCUT2D eigenvalue weighted by Gasteiger charge is -2.22. The van der Waals surface area contributed by atoms with Crippen LogP contribution >= 0.6 is 11.3 Å². The van der Waals surface area contributed by atoms with Crippen molar-refractivity contribution >= 4 is 22.4 Å². The molecule has 3 aromatic rings. The molecular formula is C21H22N3OS+. The Morgan fingerprint density at radius 2 is 1.92 bits per heavy atom. The van der Waals surface area contributed by atoms with E-state index < -0.39 is 0 Å². The Bertz CT molecular complexity index is 920. The number of rotatable bonds is 4. The van der Waals surface area contributed by atoms with Gasteiger partial charge in [-0.25, -0.2) is 4.98 Å². The maximum absolute atomic E-state index is 12.5. The number of thiazole rings is 1. The first-order valence-corrected chi connectivity index (χ1v) is 9.74. The Labute approximate surface area is 157 Å². The van der Waals surface area contributed by atoms with Crippen LogP contribution in [0.25, 0.3) is 0 Å². The van der Waals surface area contributed by atoms with Crippen LogP contribution < -0.4 is 10.2 Å². The van der Waals surface area contributed by atoms with Gasteiger partial charge < -0.3 is 4.90 Å². The zero-order valence-electron chi connectivity index (χ0n) is 14.8. The molecule has 1 aliphatic rings. The third kappa shape index (κ3) is 3.69. The molecule has 2 N–H and O–H groups in total. The second kappa shape index (κ2) is 7.40. The summed E-state index contributed by atoms with van der Waals surface area (Å²) in [5, 5.41) is 3.69. The molecule has 26 heavy (non-hydrogen) atoms. The molecule has 0 radical (unpaired) electrons. The summed E-state index contributed by atoms with van der Waals surface area (Å²) in [4.78, 5) is 20.0. The van der Waals surface area contributed by atoms with Gasteiger partial charge in [0.15, 0.2) is 5.13 Å². The summed E-state index contributed by atoms with van der Waals surface area (Å²) in [5.74, 6) is -0.0808. The average Bonchev–Trinajstić information content (AvgIpc) is 3.04. The van der Waals surface area contributed by atoms with Gasteiger partial charge in [0.1, 0.15) is 13.1 Å². The van der Waals surface area contributed by atoms with Gasteiger partial charge in [-0.3, -0.25) is 10.1 Å². The average molecular weight is 364 g/mol. The number of hydrogen-bond acceptors (Lipinski definition) is 3. The lowest BCUT2D eigenvalue weighted by atomic mass is 10.1. The minimum atomic E-state index is -0.0808. The largest absolute Gasteiger partial charge is 0.326 e. The molecule has 0 spiro atoms. The van der Waals surface area contributed by atoms with Gasteiger partial charge in [0.2, 0.25) is 0 Å². The van der Waals surface area contributed by atoms with E-state index in [1.165, 1.54) is 10.4 Å². The van der Waals surface area contributed by atoms with Gasteiger partial charge >= 0.3 is 0 Å². The summed E-state index contributed by atoms with van der Waals surface area (Å²) < 4.78 is 0. The Morgan fingerprint density at radius 1 is 1.15 bits per heavy atom. The normalized spacial score (nSPS) is 16.1. The highest BCUT2D eigenvalue weighted by atomic mass is 32.1. The van der Waals surface area contributed by atoms with E-state index in [1.54, 1.807) is 16.2 Å². The first-order valence-electron chi connectivity index (χ1n) is 8.92. The van der Waals surface area contributed by atoms with Crippen LogP contribution in [0.2, 0.25) is 0 Å². The fraction of sp³-hybridized carbons (Fsp3) is 0.238. The molecule has 1 aromatic heterocycles. The minimum absolute atomic E-state index is 0.0808. The van der Waals surface area contributed by atoms with Gasteiger partial charge in [-0.05, 0) is 18.6 Å². The second-order valence-electron chi connectivity index (χ2n) is 6.75. The molecule has 1 unspecified atom stereocenters. The third-order valence-electron chi connectivity index (χ3n) is 4.81. The molecule has 1 amide bonds. The first-order chi connectivity index (χ1) is 12.7. The molecule has 4 nitrogen and oxygen atoms in total. The molecule has 0 bridgehead atoms. The van der Waals surface area contributed by atoms with Crippen LogP contribution in [0.3, 0.4) is 0 Å². The second-order valence-corrected chi connectivity index (χ2v) is 7.83. The highest BCUT2D eigenvalue weighted by Crippen LogP contribution is 2.25. The Balaban J connectivity index is 1.44. The van der Waals surface area contributed by atoms with Crippen LogP contribution in [0.1, 0.15) is 32.1 Å². The van der Waals surface area contributed by atoms with Crippen molar-refractivity contribution in [3.63, 3.8) is 0 Å². The number of aryl methyl sites for hydroxylation is 1. The molecule has 1 atom stereocenters. The molecule has 4 rings (SSSR count). The van der Waals surface area contributed by atoms with Gasteiger partial charge in [0, 0.05) is 17.5 Å². The number of benzene rings is 2. The predicted octanol–water partition coefficient (Wildman–Crippen LogP) is 2.85. The van der Waals surface area contributed by atoms with Gasteiger partial charge in [0.25, 0.3) is 5.91 Å². The summed E-state index contributed by atoms with van der Waals surface area (Å²) in [6.45, 7) is 5.04. The van der Waals surface area contributed by atoms with Gasteiger partial charge in [-0.15, -0.1) is 0 Å². The number of carbonyl (C=O) groups excluding carboxylic acids is 1. The van der Waals surface area contributed by atoms with Gasteiger partial charge in [-0.1, -0.05) is 59.9 Å². The van der Waals surface area contributed by atoms with Gasteiger partial charge in [0.05, 0.1) is 17.1 Å². The molecule has 0 aliphatic carbocycles. The van der Waals surface area contributed by atoms with E-state index >= 15 is 0 Å². The number of fused-ring (bicyclic) bond motifs is 1. The molecule has 2 heterocycles. The van der Waals surface area contributed by atoms with Crippen LogP contribution in [-0.2, 0) is 19.5 Å². The summed E-state index contributed by atoms with van der Waals surface area (Å²) in [5.41, 5.74) is 4.19. The third-order valence-corrected chi connectivity index (χ3v) is 5.82. The quantitative estimate of drug-likeness (QED) is 0.748. The van der Waals surface area contributed by atoms with Crippen molar-refractivity contribution in [1.29, 1.82) is 0 Å². The molecule has 1 aliphatic heterocycles. The zero-order chi connectivity index (χ0) is 17.9. The van der Waals surface area contributed by atoms with Crippen molar-refractivity contribution in [3.8, 4) is 0 Å². The number of amides is 1. The van der Waals surface area contributed by atoms with Crippen molar-refractivity contribution in [2.75, 3.05) is 11.9 Å². The van der Waals surface area contributed by atoms with Crippen molar-refractivity contribution in [3.05, 3.63) is 81.9 Å². The molecular weight excluding hydrogens is 342 g/mol. The molecule has 0 fully saturated rings. The van der Waals surface area contributed by atoms with E-state index in [1.807, 2.05) is 31.2 Å².